The molecule has 126 valence electrons. The summed E-state index contributed by atoms with van der Waals surface area (Å²) in [5.74, 6) is -0.613. The van der Waals surface area contributed by atoms with Gasteiger partial charge in [-0.2, -0.15) is 5.26 Å². The number of anilines is 1. The first-order valence-electron chi connectivity index (χ1n) is 7.54. The number of hydrogen-bond donors (Lipinski definition) is 2. The van der Waals surface area contributed by atoms with E-state index in [1.807, 2.05) is 30.3 Å². The topological polar surface area (TPSA) is 82.0 Å². The first-order chi connectivity index (χ1) is 12.1. The van der Waals surface area contributed by atoms with E-state index >= 15 is 0 Å². The van der Waals surface area contributed by atoms with Crippen LogP contribution in [0.1, 0.15) is 17.5 Å². The van der Waals surface area contributed by atoms with E-state index in [0.717, 1.165) is 15.6 Å². The Morgan fingerprint density at radius 3 is 2.56 bits per heavy atom. The third kappa shape index (κ3) is 6.24. The fraction of sp³-hybridized carbons (Fsp3) is 0.105. The third-order valence-electron chi connectivity index (χ3n) is 3.29. The van der Waals surface area contributed by atoms with Gasteiger partial charge in [0.2, 0.25) is 11.8 Å². The van der Waals surface area contributed by atoms with E-state index in [4.69, 9.17) is 5.26 Å². The molecule has 0 atom stereocenters. The number of rotatable bonds is 6. The second-order valence-corrected chi connectivity index (χ2v) is 6.06. The van der Waals surface area contributed by atoms with Gasteiger partial charge in [-0.15, -0.1) is 0 Å². The summed E-state index contributed by atoms with van der Waals surface area (Å²) in [5, 5.41) is 13.9. The summed E-state index contributed by atoms with van der Waals surface area (Å²) in [7, 11) is 0. The molecule has 25 heavy (non-hydrogen) atoms. The van der Waals surface area contributed by atoms with Crippen molar-refractivity contribution in [2.45, 2.75) is 13.0 Å². The molecule has 2 aromatic rings. The summed E-state index contributed by atoms with van der Waals surface area (Å²) in [5.41, 5.74) is 2.29. The molecule has 0 unspecified atom stereocenters. The van der Waals surface area contributed by atoms with Crippen LogP contribution in [-0.4, -0.2) is 11.8 Å². The average Bonchev–Trinajstić information content (AvgIpc) is 2.61. The smallest absolute Gasteiger partial charge is 0.248 e. The predicted molar refractivity (Wildman–Crippen MR) is 100 cm³/mol. The highest BCUT2D eigenvalue weighted by Crippen LogP contribution is 2.15. The van der Waals surface area contributed by atoms with Crippen LogP contribution in [0.2, 0.25) is 0 Å². The zero-order chi connectivity index (χ0) is 18.1. The van der Waals surface area contributed by atoms with Gasteiger partial charge in [0.1, 0.15) is 6.42 Å². The van der Waals surface area contributed by atoms with Crippen molar-refractivity contribution < 1.29 is 9.59 Å². The molecule has 5 nitrogen and oxygen atoms in total. The van der Waals surface area contributed by atoms with Crippen molar-refractivity contribution in [3.05, 3.63) is 70.2 Å². The van der Waals surface area contributed by atoms with Crippen LogP contribution < -0.4 is 10.6 Å². The van der Waals surface area contributed by atoms with E-state index in [-0.39, 0.29) is 24.8 Å². The molecule has 0 aliphatic rings. The van der Waals surface area contributed by atoms with Crippen molar-refractivity contribution in [1.82, 2.24) is 5.32 Å². The van der Waals surface area contributed by atoms with Gasteiger partial charge in [-0.05, 0) is 35.4 Å². The van der Waals surface area contributed by atoms with Crippen molar-refractivity contribution in [3.8, 4) is 6.07 Å². The Morgan fingerprint density at radius 2 is 1.84 bits per heavy atom. The maximum absolute atomic E-state index is 12.1. The van der Waals surface area contributed by atoms with Gasteiger partial charge in [0.15, 0.2) is 0 Å². The molecule has 0 heterocycles. The largest absolute Gasteiger partial charge is 0.351 e. The predicted octanol–water partition coefficient (Wildman–Crippen LogP) is 3.63. The Bertz CT molecular complexity index is 823. The van der Waals surface area contributed by atoms with Gasteiger partial charge >= 0.3 is 0 Å². The van der Waals surface area contributed by atoms with Gasteiger partial charge in [0, 0.05) is 22.8 Å². The number of hydrogen-bond acceptors (Lipinski definition) is 3. The Hall–Kier alpha value is -2.91. The summed E-state index contributed by atoms with van der Waals surface area (Å²) in [6.07, 6.45) is 2.98. The SMILES string of the molecule is N#CCC(=O)NCc1ccccc1NC(=O)/C=C/c1ccc(Br)cc1. The Labute approximate surface area is 154 Å². The van der Waals surface area contributed by atoms with Crippen LogP contribution in [0.15, 0.2) is 59.1 Å². The average molecular weight is 398 g/mol. The molecule has 0 spiro atoms. The number of carbonyl (C=O) groups is 2. The Morgan fingerprint density at radius 1 is 1.12 bits per heavy atom. The lowest BCUT2D eigenvalue weighted by Gasteiger charge is -2.10. The highest BCUT2D eigenvalue weighted by Gasteiger charge is 2.06. The van der Waals surface area contributed by atoms with E-state index in [0.29, 0.717) is 5.69 Å². The zero-order valence-electron chi connectivity index (χ0n) is 13.3. The van der Waals surface area contributed by atoms with Gasteiger partial charge in [-0.1, -0.05) is 46.3 Å². The van der Waals surface area contributed by atoms with E-state index in [1.54, 1.807) is 30.3 Å². The van der Waals surface area contributed by atoms with Gasteiger partial charge in [-0.3, -0.25) is 9.59 Å². The molecule has 2 amide bonds. The number of nitrogens with one attached hydrogen (secondary N) is 2. The second kappa shape index (κ2) is 9.40. The van der Waals surface area contributed by atoms with Gasteiger partial charge in [-0.25, -0.2) is 0 Å². The summed E-state index contributed by atoms with van der Waals surface area (Å²) in [4.78, 5) is 23.5. The summed E-state index contributed by atoms with van der Waals surface area (Å²) in [6, 6.07) is 16.6. The molecule has 0 aliphatic carbocycles. The van der Waals surface area contributed by atoms with Gasteiger partial charge in [0.05, 0.1) is 6.07 Å². The number of halogens is 1. The molecule has 0 aliphatic heterocycles. The van der Waals surface area contributed by atoms with Crippen LogP contribution >= 0.6 is 15.9 Å². The standard InChI is InChI=1S/C19H16BrN3O2/c20-16-8-5-14(6-9-16)7-10-19(25)23-17-4-2-1-3-15(17)13-22-18(24)11-12-21/h1-10H,11,13H2,(H,22,24)(H,23,25)/b10-7+. The highest BCUT2D eigenvalue weighted by molar-refractivity contribution is 9.10. The molecule has 2 N–H and O–H groups in total. The minimum absolute atomic E-state index is 0.190. The van der Waals surface area contributed by atoms with Gasteiger partial charge < -0.3 is 10.6 Å². The molecule has 0 fully saturated rings. The van der Waals surface area contributed by atoms with E-state index < -0.39 is 0 Å². The number of para-hydroxylation sites is 1. The molecule has 6 heteroatoms. The zero-order valence-corrected chi connectivity index (χ0v) is 14.9. The minimum atomic E-state index is -0.348. The summed E-state index contributed by atoms with van der Waals surface area (Å²) < 4.78 is 0.974. The molecule has 0 aromatic heterocycles. The van der Waals surface area contributed by atoms with Gasteiger partial charge in [0.25, 0.3) is 0 Å². The van der Waals surface area contributed by atoms with Crippen molar-refractivity contribution in [1.29, 1.82) is 5.26 Å². The molecule has 2 aromatic carbocycles. The quantitative estimate of drug-likeness (QED) is 0.730. The van der Waals surface area contributed by atoms with Crippen molar-refractivity contribution >= 4 is 39.5 Å². The molecule has 0 bridgehead atoms. The molecule has 2 rings (SSSR count). The summed E-state index contributed by atoms with van der Waals surface area (Å²) in [6.45, 7) is 0.243. The van der Waals surface area contributed by atoms with Crippen molar-refractivity contribution in [2.24, 2.45) is 0 Å². The molecule has 0 saturated carbocycles. The molecule has 0 saturated heterocycles. The van der Waals surface area contributed by atoms with E-state index in [1.165, 1.54) is 6.08 Å². The fourth-order valence-electron chi connectivity index (χ4n) is 2.04. The monoisotopic (exact) mass is 397 g/mol. The molecular weight excluding hydrogens is 382 g/mol. The second-order valence-electron chi connectivity index (χ2n) is 5.14. The third-order valence-corrected chi connectivity index (χ3v) is 3.82. The molecule has 0 radical (unpaired) electrons. The lowest BCUT2D eigenvalue weighted by atomic mass is 10.1. The highest BCUT2D eigenvalue weighted by atomic mass is 79.9. The Balaban J connectivity index is 1.99. The lowest BCUT2D eigenvalue weighted by molar-refractivity contribution is -0.120. The van der Waals surface area contributed by atoms with Crippen LogP contribution in [0.25, 0.3) is 6.08 Å². The van der Waals surface area contributed by atoms with Crippen LogP contribution in [0, 0.1) is 11.3 Å². The van der Waals surface area contributed by atoms with E-state index in [2.05, 4.69) is 26.6 Å². The number of amides is 2. The minimum Gasteiger partial charge on any atom is -0.351 e. The van der Waals surface area contributed by atoms with Crippen LogP contribution in [0.3, 0.4) is 0 Å². The number of nitrogens with zero attached hydrogens (tertiary/aromatic N) is 1. The maximum Gasteiger partial charge on any atom is 0.248 e. The van der Waals surface area contributed by atoms with Crippen molar-refractivity contribution in [2.75, 3.05) is 5.32 Å². The number of nitriles is 1. The van der Waals surface area contributed by atoms with Crippen LogP contribution in [0.5, 0.6) is 0 Å². The van der Waals surface area contributed by atoms with Crippen molar-refractivity contribution in [3.63, 3.8) is 0 Å². The molecular formula is C19H16BrN3O2. The normalized spacial score (nSPS) is 10.2. The lowest BCUT2D eigenvalue weighted by Crippen LogP contribution is -2.22. The van der Waals surface area contributed by atoms with Crippen LogP contribution in [0.4, 0.5) is 5.69 Å². The fourth-order valence-corrected chi connectivity index (χ4v) is 2.31. The van der Waals surface area contributed by atoms with E-state index in [9.17, 15) is 9.59 Å². The number of benzene rings is 2. The first kappa shape index (κ1) is 18.4. The van der Waals surface area contributed by atoms with Crippen LogP contribution in [-0.2, 0) is 16.1 Å². The Kier molecular flexibility index (Phi) is 6.93. The summed E-state index contributed by atoms with van der Waals surface area (Å²) >= 11 is 3.36. The first-order valence-corrected chi connectivity index (χ1v) is 8.34. The number of carbonyl (C=O) groups excluding carboxylic acids is 2. The maximum atomic E-state index is 12.1.